The number of oxazole rings is 1. The van der Waals surface area contributed by atoms with Gasteiger partial charge in [0, 0.05) is 6.20 Å². The summed E-state index contributed by atoms with van der Waals surface area (Å²) in [5.74, 6) is 0. The molecule has 0 spiro atoms. The maximum Gasteiger partial charge on any atom is 0.323 e. The third kappa shape index (κ3) is 1.37. The predicted molar refractivity (Wildman–Crippen MR) is 62.8 cm³/mol. The van der Waals surface area contributed by atoms with Gasteiger partial charge in [-0.2, -0.15) is 14.8 Å². The largest absolute Gasteiger partial charge is 0.430 e. The minimum Gasteiger partial charge on any atom is -0.430 e. The molecule has 0 unspecified atom stereocenters. The summed E-state index contributed by atoms with van der Waals surface area (Å²) in [4.78, 5) is 8.49. The van der Waals surface area contributed by atoms with Crippen molar-refractivity contribution in [2.45, 2.75) is 13.8 Å². The molecule has 0 radical (unpaired) electrons. The van der Waals surface area contributed by atoms with E-state index in [1.165, 1.54) is 0 Å². The van der Waals surface area contributed by atoms with Crippen molar-refractivity contribution in [3.8, 4) is 6.01 Å². The molecule has 0 amide bonds. The molecule has 3 aromatic rings. The summed E-state index contributed by atoms with van der Waals surface area (Å²) in [6, 6.07) is 2.15. The summed E-state index contributed by atoms with van der Waals surface area (Å²) in [7, 11) is 0. The molecule has 6 heteroatoms. The highest BCUT2D eigenvalue weighted by atomic mass is 16.4. The van der Waals surface area contributed by atoms with E-state index in [0.29, 0.717) is 17.2 Å². The zero-order chi connectivity index (χ0) is 12.0. The van der Waals surface area contributed by atoms with Crippen molar-refractivity contribution in [3.63, 3.8) is 0 Å². The molecular weight excluding hydrogens is 218 g/mol. The van der Waals surface area contributed by atoms with E-state index in [2.05, 4.69) is 15.1 Å². The number of hydrogen-bond donors (Lipinski definition) is 1. The van der Waals surface area contributed by atoms with Crippen LogP contribution in [0.2, 0.25) is 0 Å². The van der Waals surface area contributed by atoms with Crippen molar-refractivity contribution >= 4 is 16.7 Å². The third-order valence-corrected chi connectivity index (χ3v) is 2.60. The van der Waals surface area contributed by atoms with E-state index in [4.69, 9.17) is 10.2 Å². The molecule has 3 heterocycles. The Balaban J connectivity index is 2.31. The highest BCUT2D eigenvalue weighted by molar-refractivity contribution is 5.87. The average molecular weight is 229 g/mol. The zero-order valence-electron chi connectivity index (χ0n) is 9.51. The topological polar surface area (TPSA) is 82.8 Å². The van der Waals surface area contributed by atoms with Crippen LogP contribution in [-0.4, -0.2) is 19.7 Å². The van der Waals surface area contributed by atoms with E-state index < -0.39 is 0 Å². The molecule has 0 saturated heterocycles. The Bertz CT molecular complexity index is 697. The quantitative estimate of drug-likeness (QED) is 0.685. The second kappa shape index (κ2) is 3.31. The molecule has 86 valence electrons. The molecule has 0 fully saturated rings. The van der Waals surface area contributed by atoms with E-state index >= 15 is 0 Å². The van der Waals surface area contributed by atoms with Crippen LogP contribution in [0.1, 0.15) is 11.4 Å². The normalized spacial score (nSPS) is 11.2. The minimum absolute atomic E-state index is 0.428. The first kappa shape index (κ1) is 9.83. The Morgan fingerprint density at radius 3 is 2.76 bits per heavy atom. The first-order chi connectivity index (χ1) is 8.16. The third-order valence-electron chi connectivity index (χ3n) is 2.60. The maximum atomic E-state index is 5.85. The van der Waals surface area contributed by atoms with Crippen LogP contribution in [0.25, 0.3) is 17.0 Å². The van der Waals surface area contributed by atoms with Gasteiger partial charge < -0.3 is 10.2 Å². The van der Waals surface area contributed by atoms with Gasteiger partial charge in [-0.1, -0.05) is 0 Å². The number of rotatable bonds is 1. The Labute approximate surface area is 97.1 Å². The Hall–Kier alpha value is -2.37. The van der Waals surface area contributed by atoms with Crippen LogP contribution in [0.5, 0.6) is 0 Å². The minimum atomic E-state index is 0.428. The van der Waals surface area contributed by atoms with E-state index in [1.807, 2.05) is 13.8 Å². The van der Waals surface area contributed by atoms with Crippen molar-refractivity contribution in [3.05, 3.63) is 29.9 Å². The summed E-state index contributed by atoms with van der Waals surface area (Å²) in [6.07, 6.45) is 3.25. The van der Waals surface area contributed by atoms with Crippen LogP contribution < -0.4 is 5.73 Å². The molecule has 3 rings (SSSR count). The Morgan fingerprint density at radius 1 is 1.29 bits per heavy atom. The monoisotopic (exact) mass is 229 g/mol. The number of nitrogens with two attached hydrogens (primary N) is 1. The molecule has 17 heavy (non-hydrogen) atoms. The van der Waals surface area contributed by atoms with Crippen molar-refractivity contribution in [2.75, 3.05) is 5.73 Å². The lowest BCUT2D eigenvalue weighted by molar-refractivity contribution is 0.507. The van der Waals surface area contributed by atoms with E-state index in [1.54, 1.807) is 23.2 Å². The smallest absolute Gasteiger partial charge is 0.323 e. The fraction of sp³-hybridized carbons (Fsp3) is 0.182. The average Bonchev–Trinajstić information content (AvgIpc) is 2.85. The molecular formula is C11H11N5O. The predicted octanol–water partition coefficient (Wildman–Crippen LogP) is 1.61. The summed E-state index contributed by atoms with van der Waals surface area (Å²) in [5, 5.41) is 4.37. The lowest BCUT2D eigenvalue weighted by Gasteiger charge is -1.95. The molecule has 0 aliphatic rings. The maximum absolute atomic E-state index is 5.85. The molecule has 6 nitrogen and oxygen atoms in total. The second-order valence-electron chi connectivity index (χ2n) is 3.87. The van der Waals surface area contributed by atoms with Gasteiger partial charge in [-0.05, 0) is 19.9 Å². The van der Waals surface area contributed by atoms with Crippen molar-refractivity contribution in [1.82, 2.24) is 19.7 Å². The van der Waals surface area contributed by atoms with Gasteiger partial charge in [0.1, 0.15) is 17.3 Å². The van der Waals surface area contributed by atoms with E-state index in [0.717, 1.165) is 16.9 Å². The number of aromatic nitrogens is 4. The first-order valence-electron chi connectivity index (χ1n) is 5.19. The van der Waals surface area contributed by atoms with Crippen molar-refractivity contribution in [2.24, 2.45) is 0 Å². The molecule has 2 N–H and O–H groups in total. The van der Waals surface area contributed by atoms with Gasteiger partial charge in [-0.25, -0.2) is 0 Å². The number of nitrogen functional groups attached to an aromatic ring is 1. The van der Waals surface area contributed by atoms with Gasteiger partial charge in [0.2, 0.25) is 0 Å². The summed E-state index contributed by atoms with van der Waals surface area (Å²) >= 11 is 0. The van der Waals surface area contributed by atoms with Gasteiger partial charge in [0.15, 0.2) is 0 Å². The summed E-state index contributed by atoms with van der Waals surface area (Å²) < 4.78 is 6.93. The number of hydrogen-bond acceptors (Lipinski definition) is 5. The van der Waals surface area contributed by atoms with Crippen LogP contribution in [0, 0.1) is 13.8 Å². The highest BCUT2D eigenvalue weighted by Crippen LogP contribution is 2.22. The molecule has 3 aromatic heterocycles. The van der Waals surface area contributed by atoms with Crippen LogP contribution in [0.15, 0.2) is 22.9 Å². The number of pyridine rings is 1. The van der Waals surface area contributed by atoms with E-state index in [-0.39, 0.29) is 0 Å². The van der Waals surface area contributed by atoms with Crippen LogP contribution >= 0.6 is 0 Å². The van der Waals surface area contributed by atoms with Crippen LogP contribution in [0.4, 0.5) is 5.69 Å². The Morgan fingerprint density at radius 2 is 2.12 bits per heavy atom. The number of anilines is 1. The number of aryl methyl sites for hydroxylation is 2. The lowest BCUT2D eigenvalue weighted by atomic mass is 10.3. The standard InChI is InChI=1S/C11H11N5O/c1-6-5-17-11(14-6)16-7(2)9-10(15-16)8(12)3-4-13-9/h3-5H,12H2,1-2H3. The zero-order valence-corrected chi connectivity index (χ0v) is 9.51. The number of fused-ring (bicyclic) bond motifs is 1. The molecule has 0 aliphatic carbocycles. The molecule has 0 bridgehead atoms. The van der Waals surface area contributed by atoms with Gasteiger partial charge >= 0.3 is 6.01 Å². The van der Waals surface area contributed by atoms with Crippen LogP contribution in [0.3, 0.4) is 0 Å². The highest BCUT2D eigenvalue weighted by Gasteiger charge is 2.14. The van der Waals surface area contributed by atoms with E-state index in [9.17, 15) is 0 Å². The van der Waals surface area contributed by atoms with Crippen molar-refractivity contribution < 1.29 is 4.42 Å². The number of nitrogens with zero attached hydrogens (tertiary/aromatic N) is 4. The summed E-state index contributed by atoms with van der Waals surface area (Å²) in [5.41, 5.74) is 9.55. The molecule has 0 saturated carbocycles. The fourth-order valence-electron chi connectivity index (χ4n) is 1.74. The van der Waals surface area contributed by atoms with Gasteiger partial charge in [0.05, 0.1) is 17.1 Å². The molecule has 0 aromatic carbocycles. The first-order valence-corrected chi connectivity index (χ1v) is 5.19. The Kier molecular flexibility index (Phi) is 1.91. The SMILES string of the molecule is Cc1coc(-n2nc3c(N)ccnc3c2C)n1. The lowest BCUT2D eigenvalue weighted by Crippen LogP contribution is -1.99. The van der Waals surface area contributed by atoms with Gasteiger partial charge in [-0.3, -0.25) is 4.98 Å². The molecule has 0 atom stereocenters. The van der Waals surface area contributed by atoms with Crippen molar-refractivity contribution in [1.29, 1.82) is 0 Å². The molecule has 0 aliphatic heterocycles. The van der Waals surface area contributed by atoms with Gasteiger partial charge in [0.25, 0.3) is 0 Å². The summed E-state index contributed by atoms with van der Waals surface area (Å²) in [6.45, 7) is 3.76. The van der Waals surface area contributed by atoms with Gasteiger partial charge in [-0.15, -0.1) is 0 Å². The second-order valence-corrected chi connectivity index (χ2v) is 3.87. The van der Waals surface area contributed by atoms with Crippen LogP contribution in [-0.2, 0) is 0 Å². The fourth-order valence-corrected chi connectivity index (χ4v) is 1.74.